The van der Waals surface area contributed by atoms with Crippen LogP contribution >= 0.6 is 0 Å². The Bertz CT molecular complexity index is 1180. The second-order valence-corrected chi connectivity index (χ2v) is 6.40. The Kier molecular flexibility index (Phi) is 3.01. The number of methoxy groups -OCH3 is 1. The van der Waals surface area contributed by atoms with Crippen LogP contribution in [0.25, 0.3) is 27.5 Å². The molecule has 3 aromatic carbocycles. The summed E-state index contributed by atoms with van der Waals surface area (Å²) in [7, 11) is 1.31. The molecule has 124 valence electrons. The Morgan fingerprint density at radius 1 is 0.769 bits per heavy atom. The number of benzene rings is 3. The standard InChI is InChI=1S/C23H14O3/c1-26-23(25)21-20-16-12-6-10-13-9-5-11-15(17(13)16)19(20)18(22(21)24)14-7-3-2-4-8-14/h2-12H,1H3. The van der Waals surface area contributed by atoms with Crippen LogP contribution in [-0.2, 0) is 14.3 Å². The summed E-state index contributed by atoms with van der Waals surface area (Å²) in [5.74, 6) is -0.849. The van der Waals surface area contributed by atoms with E-state index in [0.717, 1.165) is 33.0 Å². The van der Waals surface area contributed by atoms with Crippen molar-refractivity contribution in [3.8, 4) is 0 Å². The maximum atomic E-state index is 13.2. The van der Waals surface area contributed by atoms with Crippen molar-refractivity contribution in [2.75, 3.05) is 7.11 Å². The summed E-state index contributed by atoms with van der Waals surface area (Å²) in [6, 6.07) is 21.5. The van der Waals surface area contributed by atoms with E-state index in [2.05, 4.69) is 0 Å². The van der Waals surface area contributed by atoms with E-state index in [9.17, 15) is 9.59 Å². The number of allylic oxidation sites excluding steroid dienone is 3. The highest BCUT2D eigenvalue weighted by molar-refractivity contribution is 6.55. The minimum atomic E-state index is -0.585. The van der Waals surface area contributed by atoms with Gasteiger partial charge >= 0.3 is 5.97 Å². The zero-order valence-corrected chi connectivity index (χ0v) is 14.1. The summed E-state index contributed by atoms with van der Waals surface area (Å²) in [5.41, 5.74) is 4.98. The second kappa shape index (κ2) is 5.27. The summed E-state index contributed by atoms with van der Waals surface area (Å²) >= 11 is 0. The van der Waals surface area contributed by atoms with Crippen molar-refractivity contribution in [2.24, 2.45) is 0 Å². The van der Waals surface area contributed by atoms with Crippen LogP contribution in [-0.4, -0.2) is 18.9 Å². The van der Waals surface area contributed by atoms with Crippen LogP contribution in [0.5, 0.6) is 0 Å². The van der Waals surface area contributed by atoms with Crippen LogP contribution in [0, 0.1) is 0 Å². The molecule has 3 aromatic rings. The summed E-state index contributed by atoms with van der Waals surface area (Å²) in [6.07, 6.45) is 0. The molecule has 0 fully saturated rings. The van der Waals surface area contributed by atoms with Gasteiger partial charge in [0.1, 0.15) is 5.57 Å². The average molecular weight is 338 g/mol. The van der Waals surface area contributed by atoms with Crippen molar-refractivity contribution in [2.45, 2.75) is 0 Å². The molecule has 0 N–H and O–H groups in total. The van der Waals surface area contributed by atoms with E-state index in [1.807, 2.05) is 66.7 Å². The number of ketones is 1. The smallest absolute Gasteiger partial charge is 0.342 e. The van der Waals surface area contributed by atoms with Gasteiger partial charge in [0, 0.05) is 16.7 Å². The fraction of sp³-hybridized carbons (Fsp3) is 0.0435. The Morgan fingerprint density at radius 2 is 1.42 bits per heavy atom. The summed E-state index contributed by atoms with van der Waals surface area (Å²) in [5, 5.41) is 2.18. The largest absolute Gasteiger partial charge is 0.465 e. The van der Waals surface area contributed by atoms with Gasteiger partial charge in [-0.2, -0.15) is 0 Å². The predicted molar refractivity (Wildman–Crippen MR) is 101 cm³/mol. The highest BCUT2D eigenvalue weighted by atomic mass is 16.5. The molecule has 0 radical (unpaired) electrons. The molecule has 2 aliphatic carbocycles. The van der Waals surface area contributed by atoms with Gasteiger partial charge in [-0.1, -0.05) is 66.7 Å². The second-order valence-electron chi connectivity index (χ2n) is 6.40. The maximum absolute atomic E-state index is 13.2. The quantitative estimate of drug-likeness (QED) is 0.518. The third-order valence-electron chi connectivity index (χ3n) is 5.10. The number of rotatable bonds is 2. The monoisotopic (exact) mass is 338 g/mol. The third kappa shape index (κ3) is 1.77. The van der Waals surface area contributed by atoms with Gasteiger partial charge in [-0.05, 0) is 27.5 Å². The van der Waals surface area contributed by atoms with E-state index in [0.29, 0.717) is 11.1 Å². The maximum Gasteiger partial charge on any atom is 0.342 e. The molecule has 0 spiro atoms. The fourth-order valence-electron chi connectivity index (χ4n) is 4.08. The van der Waals surface area contributed by atoms with Gasteiger partial charge < -0.3 is 4.74 Å². The number of esters is 1. The Morgan fingerprint density at radius 3 is 2.08 bits per heavy atom. The van der Waals surface area contributed by atoms with Gasteiger partial charge in [0.05, 0.1) is 7.11 Å². The molecule has 0 saturated heterocycles. The molecule has 0 atom stereocenters. The molecule has 26 heavy (non-hydrogen) atoms. The lowest BCUT2D eigenvalue weighted by molar-refractivity contribution is -0.137. The molecule has 0 aliphatic heterocycles. The molecule has 0 bridgehead atoms. The Balaban J connectivity index is 1.94. The highest BCUT2D eigenvalue weighted by Gasteiger charge is 2.42. The van der Waals surface area contributed by atoms with Gasteiger partial charge in [-0.15, -0.1) is 0 Å². The fourth-order valence-corrected chi connectivity index (χ4v) is 4.08. The highest BCUT2D eigenvalue weighted by Crippen LogP contribution is 2.54. The molecule has 0 saturated carbocycles. The lowest BCUT2D eigenvalue weighted by atomic mass is 9.95. The van der Waals surface area contributed by atoms with Crippen LogP contribution in [0.2, 0.25) is 0 Å². The number of hydrogen-bond donors (Lipinski definition) is 0. The van der Waals surface area contributed by atoms with E-state index < -0.39 is 5.97 Å². The SMILES string of the molecule is COC(=O)C1=C2C(=C(c3ccccc3)C1=O)c1cccc3cccc2c13. The van der Waals surface area contributed by atoms with Crippen molar-refractivity contribution in [3.63, 3.8) is 0 Å². The Hall–Kier alpha value is -3.46. The van der Waals surface area contributed by atoms with Crippen molar-refractivity contribution >= 4 is 39.2 Å². The van der Waals surface area contributed by atoms with Crippen LogP contribution in [0.3, 0.4) is 0 Å². The summed E-state index contributed by atoms with van der Waals surface area (Å²) in [6.45, 7) is 0. The molecule has 3 heteroatoms. The van der Waals surface area contributed by atoms with Gasteiger partial charge in [0.25, 0.3) is 0 Å². The van der Waals surface area contributed by atoms with E-state index in [1.54, 1.807) is 0 Å². The van der Waals surface area contributed by atoms with Crippen LogP contribution in [0.4, 0.5) is 0 Å². The van der Waals surface area contributed by atoms with E-state index in [-0.39, 0.29) is 11.4 Å². The number of ether oxygens (including phenoxy) is 1. The zero-order valence-electron chi connectivity index (χ0n) is 14.1. The first-order valence-corrected chi connectivity index (χ1v) is 8.42. The normalized spacial score (nSPS) is 15.0. The lowest BCUT2D eigenvalue weighted by Crippen LogP contribution is -2.14. The average Bonchev–Trinajstić information content (AvgIpc) is 3.16. The van der Waals surface area contributed by atoms with Crippen molar-refractivity contribution < 1.29 is 14.3 Å². The van der Waals surface area contributed by atoms with Crippen molar-refractivity contribution in [1.82, 2.24) is 0 Å². The first-order valence-electron chi connectivity index (χ1n) is 8.42. The van der Waals surface area contributed by atoms with Crippen LogP contribution in [0.15, 0.2) is 72.3 Å². The molecule has 0 amide bonds. The minimum absolute atomic E-state index is 0.130. The minimum Gasteiger partial charge on any atom is -0.465 e. The molecule has 0 heterocycles. The van der Waals surface area contributed by atoms with E-state index in [1.165, 1.54) is 7.11 Å². The summed E-state index contributed by atoms with van der Waals surface area (Å²) in [4.78, 5) is 25.7. The number of Topliss-reactive ketones (excluding diaryl/α,β-unsaturated/α-hetero) is 1. The third-order valence-corrected chi connectivity index (χ3v) is 5.10. The molecule has 0 unspecified atom stereocenters. The topological polar surface area (TPSA) is 43.4 Å². The van der Waals surface area contributed by atoms with Crippen molar-refractivity contribution in [3.05, 3.63) is 89.0 Å². The number of hydrogen-bond acceptors (Lipinski definition) is 3. The summed E-state index contributed by atoms with van der Waals surface area (Å²) < 4.78 is 4.95. The molecule has 0 aromatic heterocycles. The molecule has 5 rings (SSSR count). The van der Waals surface area contributed by atoms with Gasteiger partial charge in [0.15, 0.2) is 0 Å². The molecular formula is C23H14O3. The zero-order chi connectivity index (χ0) is 17.8. The van der Waals surface area contributed by atoms with Crippen LogP contribution in [0.1, 0.15) is 16.7 Å². The van der Waals surface area contributed by atoms with Gasteiger partial charge in [0.2, 0.25) is 5.78 Å². The van der Waals surface area contributed by atoms with Crippen molar-refractivity contribution in [1.29, 1.82) is 0 Å². The lowest BCUT2D eigenvalue weighted by Gasteiger charge is -2.07. The Labute approximate surface area is 150 Å². The molecule has 3 nitrogen and oxygen atoms in total. The van der Waals surface area contributed by atoms with E-state index >= 15 is 0 Å². The predicted octanol–water partition coefficient (Wildman–Crippen LogP) is 4.27. The first-order chi connectivity index (χ1) is 12.7. The number of carbonyl (C=O) groups excluding carboxylic acids is 2. The van der Waals surface area contributed by atoms with E-state index in [4.69, 9.17) is 4.74 Å². The number of carbonyl (C=O) groups is 2. The van der Waals surface area contributed by atoms with Gasteiger partial charge in [-0.25, -0.2) is 4.79 Å². The molecular weight excluding hydrogens is 324 g/mol. The number of fused-ring (bicyclic) bond motifs is 3. The molecule has 2 aliphatic rings. The van der Waals surface area contributed by atoms with Crippen LogP contribution < -0.4 is 0 Å². The first kappa shape index (κ1) is 14.8. The van der Waals surface area contributed by atoms with Gasteiger partial charge in [-0.3, -0.25) is 4.79 Å².